The Bertz CT molecular complexity index is 571. The van der Waals surface area contributed by atoms with Crippen LogP contribution in [0.1, 0.15) is 26.7 Å². The van der Waals surface area contributed by atoms with Gasteiger partial charge in [0.15, 0.2) is 17.8 Å². The van der Waals surface area contributed by atoms with Crippen molar-refractivity contribution >= 4 is 29.5 Å². The van der Waals surface area contributed by atoms with E-state index in [4.69, 9.17) is 5.73 Å². The van der Waals surface area contributed by atoms with Gasteiger partial charge < -0.3 is 11.1 Å². The highest BCUT2D eigenvalue weighted by molar-refractivity contribution is 6.34. The predicted octanol–water partition coefficient (Wildman–Crippen LogP) is 0.608. The Balaban J connectivity index is 2.67. The summed E-state index contributed by atoms with van der Waals surface area (Å²) in [6.07, 6.45) is 2.00. The first-order valence-corrected chi connectivity index (χ1v) is 5.78. The first kappa shape index (κ1) is 12.3. The van der Waals surface area contributed by atoms with E-state index in [1.54, 1.807) is 0 Å². The first-order chi connectivity index (χ1) is 8.56. The van der Waals surface area contributed by atoms with Crippen molar-refractivity contribution in [2.45, 2.75) is 32.2 Å². The van der Waals surface area contributed by atoms with Crippen LogP contribution in [-0.2, 0) is 4.79 Å². The van der Waals surface area contributed by atoms with Crippen molar-refractivity contribution < 1.29 is 4.79 Å². The molecular weight excluding hydrogens is 234 g/mol. The number of aromatic amines is 1. The zero-order chi connectivity index (χ0) is 13.3. The second-order valence-electron chi connectivity index (χ2n) is 4.18. The highest BCUT2D eigenvalue weighted by Crippen LogP contribution is 2.32. The van der Waals surface area contributed by atoms with Gasteiger partial charge in [0.05, 0.1) is 5.54 Å². The molecule has 0 aliphatic carbocycles. The number of aldehydes is 1. The van der Waals surface area contributed by atoms with Crippen LogP contribution in [0.5, 0.6) is 0 Å². The van der Waals surface area contributed by atoms with Crippen LogP contribution < -0.4 is 16.6 Å². The highest BCUT2D eigenvalue weighted by atomic mass is 16.1. The molecule has 0 radical (unpaired) electrons. The standard InChI is InChI=1S/C11H15N5O2/c1-3-11(4-2)6(5-17)13-7-8(16-11)14-10(12)15-9(7)18/h5H,3-4H2,1-2H3,(H4,12,14,15,16,18). The Hall–Kier alpha value is -2.18. The number of fused-ring (bicyclic) bond motifs is 1. The SMILES string of the molecule is CCC1(CC)Nc2nc(N)[nH]c(=O)c2N=C1C=O. The summed E-state index contributed by atoms with van der Waals surface area (Å²) >= 11 is 0. The van der Waals surface area contributed by atoms with Crippen LogP contribution in [0.3, 0.4) is 0 Å². The fourth-order valence-corrected chi connectivity index (χ4v) is 2.12. The van der Waals surface area contributed by atoms with Crippen LogP contribution in [0, 0.1) is 0 Å². The van der Waals surface area contributed by atoms with E-state index in [0.717, 1.165) is 0 Å². The quantitative estimate of drug-likeness (QED) is 0.679. The van der Waals surface area contributed by atoms with E-state index >= 15 is 0 Å². The lowest BCUT2D eigenvalue weighted by molar-refractivity contribution is -0.103. The molecule has 18 heavy (non-hydrogen) atoms. The number of carbonyl (C=O) groups is 1. The van der Waals surface area contributed by atoms with Crippen molar-refractivity contribution in [2.75, 3.05) is 11.1 Å². The highest BCUT2D eigenvalue weighted by Gasteiger charge is 2.37. The van der Waals surface area contributed by atoms with E-state index in [0.29, 0.717) is 30.7 Å². The van der Waals surface area contributed by atoms with Gasteiger partial charge in [-0.25, -0.2) is 4.99 Å². The van der Waals surface area contributed by atoms with Crippen molar-refractivity contribution in [3.05, 3.63) is 10.4 Å². The molecule has 96 valence electrons. The zero-order valence-electron chi connectivity index (χ0n) is 10.3. The third kappa shape index (κ3) is 1.68. The van der Waals surface area contributed by atoms with Gasteiger partial charge in [0, 0.05) is 0 Å². The van der Waals surface area contributed by atoms with E-state index in [2.05, 4.69) is 20.3 Å². The number of H-pyrrole nitrogens is 1. The second-order valence-corrected chi connectivity index (χ2v) is 4.18. The van der Waals surface area contributed by atoms with Gasteiger partial charge in [-0.2, -0.15) is 4.98 Å². The van der Waals surface area contributed by atoms with Gasteiger partial charge in [-0.1, -0.05) is 13.8 Å². The topological polar surface area (TPSA) is 113 Å². The van der Waals surface area contributed by atoms with Gasteiger partial charge in [-0.15, -0.1) is 0 Å². The fourth-order valence-electron chi connectivity index (χ4n) is 2.12. The number of rotatable bonds is 3. The molecule has 0 unspecified atom stereocenters. The normalized spacial score (nSPS) is 16.4. The molecule has 0 saturated heterocycles. The number of hydrogen-bond acceptors (Lipinski definition) is 6. The summed E-state index contributed by atoms with van der Waals surface area (Å²) in [7, 11) is 0. The summed E-state index contributed by atoms with van der Waals surface area (Å²) in [5, 5.41) is 3.12. The fraction of sp³-hybridized carbons (Fsp3) is 0.455. The number of anilines is 2. The Labute approximate surface area is 104 Å². The van der Waals surface area contributed by atoms with Crippen LogP contribution in [-0.4, -0.2) is 27.5 Å². The molecule has 2 rings (SSSR count). The van der Waals surface area contributed by atoms with Gasteiger partial charge in [-0.05, 0) is 12.8 Å². The maximum atomic E-state index is 11.7. The minimum absolute atomic E-state index is 0.0251. The molecule has 1 aliphatic rings. The van der Waals surface area contributed by atoms with Crippen molar-refractivity contribution in [1.82, 2.24) is 9.97 Å². The number of aliphatic imine (C=N–C) groups is 1. The number of aromatic nitrogens is 2. The number of hydrogen-bond donors (Lipinski definition) is 3. The molecule has 0 spiro atoms. The number of nitrogen functional groups attached to an aromatic ring is 1. The van der Waals surface area contributed by atoms with Gasteiger partial charge in [0.2, 0.25) is 5.95 Å². The van der Waals surface area contributed by atoms with Crippen LogP contribution in [0.25, 0.3) is 0 Å². The molecule has 1 aliphatic heterocycles. The van der Waals surface area contributed by atoms with E-state index < -0.39 is 11.1 Å². The minimum Gasteiger partial charge on any atom is -0.369 e. The lowest BCUT2D eigenvalue weighted by atomic mass is 9.86. The summed E-state index contributed by atoms with van der Waals surface area (Å²) in [6.45, 7) is 3.88. The van der Waals surface area contributed by atoms with Crippen LogP contribution in [0.15, 0.2) is 9.79 Å². The monoisotopic (exact) mass is 249 g/mol. The minimum atomic E-state index is -0.581. The summed E-state index contributed by atoms with van der Waals surface area (Å²) < 4.78 is 0. The number of nitrogens with zero attached hydrogens (tertiary/aromatic N) is 2. The van der Waals surface area contributed by atoms with Crippen molar-refractivity contribution in [3.63, 3.8) is 0 Å². The van der Waals surface area contributed by atoms with Crippen LogP contribution >= 0.6 is 0 Å². The maximum Gasteiger partial charge on any atom is 0.280 e. The van der Waals surface area contributed by atoms with E-state index in [1.807, 2.05) is 13.8 Å². The Kier molecular flexibility index (Phi) is 2.90. The first-order valence-electron chi connectivity index (χ1n) is 5.78. The molecule has 4 N–H and O–H groups in total. The summed E-state index contributed by atoms with van der Waals surface area (Å²) in [5.74, 6) is 0.350. The van der Waals surface area contributed by atoms with E-state index in [9.17, 15) is 9.59 Å². The molecule has 1 aromatic heterocycles. The molecule has 0 fully saturated rings. The molecule has 7 nitrogen and oxygen atoms in total. The molecule has 1 aromatic rings. The lowest BCUT2D eigenvalue weighted by Crippen LogP contribution is -2.48. The number of carbonyl (C=O) groups excluding carboxylic acids is 1. The number of nitrogens with two attached hydrogens (primary N) is 1. The van der Waals surface area contributed by atoms with Crippen molar-refractivity contribution in [1.29, 1.82) is 0 Å². The van der Waals surface area contributed by atoms with Gasteiger partial charge in [0.1, 0.15) is 5.71 Å². The Morgan fingerprint density at radius 1 is 1.39 bits per heavy atom. The van der Waals surface area contributed by atoms with E-state index in [-0.39, 0.29) is 11.6 Å². The third-order valence-electron chi connectivity index (χ3n) is 3.31. The van der Waals surface area contributed by atoms with Crippen molar-refractivity contribution in [2.24, 2.45) is 4.99 Å². The summed E-state index contributed by atoms with van der Waals surface area (Å²) in [4.78, 5) is 33.3. The predicted molar refractivity (Wildman–Crippen MR) is 69.4 cm³/mol. The second kappa shape index (κ2) is 4.25. The molecule has 7 heteroatoms. The average molecular weight is 249 g/mol. The van der Waals surface area contributed by atoms with Crippen LogP contribution in [0.2, 0.25) is 0 Å². The Morgan fingerprint density at radius 3 is 2.61 bits per heavy atom. The smallest absolute Gasteiger partial charge is 0.280 e. The molecule has 2 heterocycles. The lowest BCUT2D eigenvalue weighted by Gasteiger charge is -2.35. The molecule has 0 saturated carbocycles. The molecular formula is C11H15N5O2. The molecule has 0 aromatic carbocycles. The largest absolute Gasteiger partial charge is 0.369 e. The van der Waals surface area contributed by atoms with Gasteiger partial charge in [0.25, 0.3) is 5.56 Å². The molecule has 0 atom stereocenters. The van der Waals surface area contributed by atoms with Crippen LogP contribution in [0.4, 0.5) is 17.5 Å². The molecule has 0 bridgehead atoms. The van der Waals surface area contributed by atoms with Gasteiger partial charge >= 0.3 is 0 Å². The average Bonchev–Trinajstić information content (AvgIpc) is 2.36. The van der Waals surface area contributed by atoms with Crippen molar-refractivity contribution in [3.8, 4) is 0 Å². The Morgan fingerprint density at radius 2 is 2.06 bits per heavy atom. The molecule has 0 amide bonds. The van der Waals surface area contributed by atoms with Gasteiger partial charge in [-0.3, -0.25) is 14.6 Å². The third-order valence-corrected chi connectivity index (χ3v) is 3.31. The summed E-state index contributed by atoms with van der Waals surface area (Å²) in [5.41, 5.74) is 4.88. The zero-order valence-corrected chi connectivity index (χ0v) is 10.3. The van der Waals surface area contributed by atoms with E-state index in [1.165, 1.54) is 0 Å². The number of nitrogens with one attached hydrogen (secondary N) is 2. The summed E-state index contributed by atoms with van der Waals surface area (Å²) in [6, 6.07) is 0. The maximum absolute atomic E-state index is 11.7.